The molecular weight excluding hydrogens is 196 g/mol. The molecule has 2 saturated heterocycles. The van der Waals surface area contributed by atoms with Crippen LogP contribution in [0.3, 0.4) is 0 Å². The minimum Gasteiger partial charge on any atom is -0.317 e. The molecule has 92 valence electrons. The monoisotopic (exact) mass is 222 g/mol. The molecule has 2 heterocycles. The summed E-state index contributed by atoms with van der Waals surface area (Å²) in [5.74, 6) is 1.04. The van der Waals surface area contributed by atoms with Crippen molar-refractivity contribution in [3.8, 4) is 0 Å². The van der Waals surface area contributed by atoms with E-state index < -0.39 is 0 Å². The van der Waals surface area contributed by atoms with Gasteiger partial charge in [-0.15, -0.1) is 0 Å². The topological polar surface area (TPSA) is 15.3 Å². The summed E-state index contributed by atoms with van der Waals surface area (Å²) >= 11 is 0. The average molecular weight is 222 g/mol. The Balaban J connectivity index is 1.72. The largest absolute Gasteiger partial charge is 0.317 e. The fourth-order valence-corrected chi connectivity index (χ4v) is 4.14. The van der Waals surface area contributed by atoms with Gasteiger partial charge in [0.05, 0.1) is 0 Å². The van der Waals surface area contributed by atoms with Crippen LogP contribution in [0.5, 0.6) is 0 Å². The van der Waals surface area contributed by atoms with Gasteiger partial charge >= 0.3 is 0 Å². The zero-order chi connectivity index (χ0) is 11.1. The van der Waals surface area contributed by atoms with Crippen molar-refractivity contribution in [3.05, 3.63) is 0 Å². The van der Waals surface area contributed by atoms with E-state index in [9.17, 15) is 0 Å². The summed E-state index contributed by atoms with van der Waals surface area (Å²) in [4.78, 5) is 2.91. The quantitative estimate of drug-likeness (QED) is 0.789. The molecule has 2 aliphatic heterocycles. The first-order chi connectivity index (χ1) is 7.79. The van der Waals surface area contributed by atoms with Gasteiger partial charge in [-0.05, 0) is 58.4 Å². The highest BCUT2D eigenvalue weighted by Crippen LogP contribution is 2.42. The summed E-state index contributed by atoms with van der Waals surface area (Å²) in [5.41, 5.74) is 0. The zero-order valence-electron chi connectivity index (χ0n) is 10.8. The predicted octanol–water partition coefficient (Wildman–Crippen LogP) is 2.39. The van der Waals surface area contributed by atoms with E-state index in [0.29, 0.717) is 0 Å². The van der Waals surface area contributed by atoms with Gasteiger partial charge < -0.3 is 5.32 Å². The highest BCUT2D eigenvalue weighted by Gasteiger charge is 2.43. The van der Waals surface area contributed by atoms with Gasteiger partial charge in [0.15, 0.2) is 0 Å². The molecule has 0 amide bonds. The molecule has 1 N–H and O–H groups in total. The van der Waals surface area contributed by atoms with Gasteiger partial charge in [-0.1, -0.05) is 6.42 Å². The number of hydrogen-bond acceptors (Lipinski definition) is 2. The Morgan fingerprint density at radius 2 is 1.69 bits per heavy atom. The highest BCUT2D eigenvalue weighted by atomic mass is 15.2. The molecule has 0 aromatic carbocycles. The van der Waals surface area contributed by atoms with Crippen molar-refractivity contribution < 1.29 is 0 Å². The molecule has 1 aliphatic carbocycles. The van der Waals surface area contributed by atoms with Crippen LogP contribution < -0.4 is 5.32 Å². The van der Waals surface area contributed by atoms with E-state index in [1.807, 2.05) is 0 Å². The fourth-order valence-electron chi connectivity index (χ4n) is 4.14. The standard InChI is InChI=1S/C14H26N2/c1-10(11-6-7-11)16-13-4-3-5-14(16)9-12(8-13)15-2/h10-15H,3-9H2,1-2H3. The van der Waals surface area contributed by atoms with Crippen LogP contribution in [0, 0.1) is 5.92 Å². The van der Waals surface area contributed by atoms with Gasteiger partial charge in [0.1, 0.15) is 0 Å². The predicted molar refractivity (Wildman–Crippen MR) is 67.5 cm³/mol. The molecule has 2 heteroatoms. The van der Waals surface area contributed by atoms with Crippen LogP contribution in [0.4, 0.5) is 0 Å². The van der Waals surface area contributed by atoms with Crippen molar-refractivity contribution in [2.75, 3.05) is 7.05 Å². The summed E-state index contributed by atoms with van der Waals surface area (Å²) in [5, 5.41) is 3.51. The molecular formula is C14H26N2. The molecule has 3 unspecified atom stereocenters. The summed E-state index contributed by atoms with van der Waals surface area (Å²) in [6, 6.07) is 3.44. The molecule has 0 radical (unpaired) electrons. The molecule has 0 spiro atoms. The number of piperidine rings is 2. The number of nitrogens with one attached hydrogen (secondary N) is 1. The summed E-state index contributed by atoms with van der Waals surface area (Å²) < 4.78 is 0. The summed E-state index contributed by atoms with van der Waals surface area (Å²) in [6.45, 7) is 2.49. The van der Waals surface area contributed by atoms with E-state index in [-0.39, 0.29) is 0 Å². The number of fused-ring (bicyclic) bond motifs is 2. The van der Waals surface area contributed by atoms with Gasteiger partial charge in [-0.25, -0.2) is 0 Å². The zero-order valence-corrected chi connectivity index (χ0v) is 10.8. The lowest BCUT2D eigenvalue weighted by molar-refractivity contribution is -0.0109. The molecule has 0 aromatic heterocycles. The first kappa shape index (κ1) is 11.0. The Hall–Kier alpha value is -0.0800. The van der Waals surface area contributed by atoms with Crippen LogP contribution >= 0.6 is 0 Å². The maximum Gasteiger partial charge on any atom is 0.0116 e. The van der Waals surface area contributed by atoms with Crippen molar-refractivity contribution in [2.24, 2.45) is 5.92 Å². The Morgan fingerprint density at radius 3 is 2.19 bits per heavy atom. The number of nitrogens with zero attached hydrogens (tertiary/aromatic N) is 1. The van der Waals surface area contributed by atoms with Gasteiger partial charge in [-0.2, -0.15) is 0 Å². The second-order valence-electron chi connectivity index (χ2n) is 6.22. The Labute approximate surface area is 99.8 Å². The Kier molecular flexibility index (Phi) is 2.97. The third-order valence-electron chi connectivity index (χ3n) is 5.21. The lowest BCUT2D eigenvalue weighted by atomic mass is 9.80. The van der Waals surface area contributed by atoms with Crippen LogP contribution in [0.15, 0.2) is 0 Å². The number of hydrogen-bond donors (Lipinski definition) is 1. The van der Waals surface area contributed by atoms with Crippen LogP contribution in [-0.4, -0.2) is 36.1 Å². The van der Waals surface area contributed by atoms with Gasteiger partial charge in [0, 0.05) is 24.2 Å². The van der Waals surface area contributed by atoms with Gasteiger partial charge in [0.2, 0.25) is 0 Å². The SMILES string of the molecule is CNC1CC2CCCC(C1)N2C(C)C1CC1. The first-order valence-corrected chi connectivity index (χ1v) is 7.24. The molecule has 2 nitrogen and oxygen atoms in total. The lowest BCUT2D eigenvalue weighted by Crippen LogP contribution is -2.59. The maximum absolute atomic E-state index is 3.51. The van der Waals surface area contributed by atoms with Crippen molar-refractivity contribution in [1.29, 1.82) is 0 Å². The third-order valence-corrected chi connectivity index (χ3v) is 5.21. The second kappa shape index (κ2) is 4.30. The van der Waals surface area contributed by atoms with Gasteiger partial charge in [-0.3, -0.25) is 4.90 Å². The first-order valence-electron chi connectivity index (χ1n) is 7.24. The van der Waals surface area contributed by atoms with E-state index in [0.717, 1.165) is 30.1 Å². The van der Waals surface area contributed by atoms with Crippen LogP contribution in [0.25, 0.3) is 0 Å². The lowest BCUT2D eigenvalue weighted by Gasteiger charge is -2.52. The van der Waals surface area contributed by atoms with Crippen LogP contribution in [0.1, 0.15) is 51.9 Å². The molecule has 1 saturated carbocycles. The molecule has 3 aliphatic rings. The molecule has 16 heavy (non-hydrogen) atoms. The molecule has 3 atom stereocenters. The smallest absolute Gasteiger partial charge is 0.0116 e. The fraction of sp³-hybridized carbons (Fsp3) is 1.00. The van der Waals surface area contributed by atoms with Crippen molar-refractivity contribution in [2.45, 2.75) is 76.0 Å². The third kappa shape index (κ3) is 1.91. The highest BCUT2D eigenvalue weighted by molar-refractivity contribution is 4.99. The molecule has 3 rings (SSSR count). The van der Waals surface area contributed by atoms with E-state index in [2.05, 4.69) is 24.2 Å². The van der Waals surface area contributed by atoms with E-state index in [4.69, 9.17) is 0 Å². The molecule has 3 fully saturated rings. The normalized spacial score (nSPS) is 42.0. The molecule has 2 bridgehead atoms. The van der Waals surface area contributed by atoms with Gasteiger partial charge in [0.25, 0.3) is 0 Å². The molecule has 0 aromatic rings. The Bertz CT molecular complexity index is 235. The minimum atomic E-state index is 0.790. The average Bonchev–Trinajstić information content (AvgIpc) is 3.10. The minimum absolute atomic E-state index is 0.790. The van der Waals surface area contributed by atoms with Crippen molar-refractivity contribution in [1.82, 2.24) is 10.2 Å². The Morgan fingerprint density at radius 1 is 1.06 bits per heavy atom. The second-order valence-corrected chi connectivity index (χ2v) is 6.22. The van der Waals surface area contributed by atoms with E-state index in [1.54, 1.807) is 0 Å². The van der Waals surface area contributed by atoms with Crippen LogP contribution in [0.2, 0.25) is 0 Å². The number of rotatable bonds is 3. The summed E-state index contributed by atoms with van der Waals surface area (Å²) in [6.07, 6.45) is 10.1. The maximum atomic E-state index is 3.51. The van der Waals surface area contributed by atoms with Crippen molar-refractivity contribution in [3.63, 3.8) is 0 Å². The van der Waals surface area contributed by atoms with Crippen molar-refractivity contribution >= 4 is 0 Å². The van der Waals surface area contributed by atoms with E-state index in [1.165, 1.54) is 44.9 Å². The summed E-state index contributed by atoms with van der Waals surface area (Å²) in [7, 11) is 2.14. The van der Waals surface area contributed by atoms with Crippen LogP contribution in [-0.2, 0) is 0 Å². The van der Waals surface area contributed by atoms with E-state index >= 15 is 0 Å².